The molecule has 1 unspecified atom stereocenters. The lowest BCUT2D eigenvalue weighted by Gasteiger charge is -2.23. The van der Waals surface area contributed by atoms with Crippen LogP contribution in [0.5, 0.6) is 0 Å². The fourth-order valence-electron chi connectivity index (χ4n) is 3.62. The first-order chi connectivity index (χ1) is 13.3. The van der Waals surface area contributed by atoms with Crippen molar-refractivity contribution in [1.29, 1.82) is 0 Å². The topological polar surface area (TPSA) is 46.9 Å². The number of rotatable bonds is 5. The van der Waals surface area contributed by atoms with Gasteiger partial charge in [0.1, 0.15) is 0 Å². The van der Waals surface area contributed by atoms with Crippen LogP contribution in [-0.2, 0) is 17.8 Å². The average molecular weight is 357 g/mol. The normalized spacial score (nSPS) is 16.2. The van der Waals surface area contributed by atoms with Crippen LogP contribution in [0.15, 0.2) is 72.9 Å². The second-order valence-corrected chi connectivity index (χ2v) is 6.89. The Morgan fingerprint density at radius 2 is 1.85 bits per heavy atom. The summed E-state index contributed by atoms with van der Waals surface area (Å²) in [6, 6.07) is 20.2. The number of carbonyl (C=O) groups is 1. The van der Waals surface area contributed by atoms with E-state index in [1.807, 2.05) is 60.8 Å². The smallest absolute Gasteiger partial charge is 0.244 e. The van der Waals surface area contributed by atoms with Crippen LogP contribution >= 0.6 is 0 Å². The summed E-state index contributed by atoms with van der Waals surface area (Å²) >= 11 is 0. The zero-order valence-electron chi connectivity index (χ0n) is 15.2. The van der Waals surface area contributed by atoms with E-state index in [0.29, 0.717) is 0 Å². The van der Waals surface area contributed by atoms with Crippen LogP contribution in [-0.4, -0.2) is 15.7 Å². The lowest BCUT2D eigenvalue weighted by atomic mass is 9.93. The van der Waals surface area contributed by atoms with E-state index in [4.69, 9.17) is 0 Å². The molecule has 136 valence electrons. The van der Waals surface area contributed by atoms with Gasteiger partial charge in [0.25, 0.3) is 0 Å². The lowest BCUT2D eigenvalue weighted by Crippen LogP contribution is -2.29. The van der Waals surface area contributed by atoms with Crippen molar-refractivity contribution >= 4 is 12.0 Å². The molecule has 1 atom stereocenters. The molecule has 2 aromatic carbocycles. The second kappa shape index (κ2) is 8.04. The van der Waals surface area contributed by atoms with Crippen LogP contribution in [0.3, 0.4) is 0 Å². The highest BCUT2D eigenvalue weighted by Crippen LogP contribution is 2.30. The highest BCUT2D eigenvalue weighted by molar-refractivity contribution is 5.92. The molecule has 27 heavy (non-hydrogen) atoms. The van der Waals surface area contributed by atoms with Gasteiger partial charge in [-0.1, -0.05) is 60.7 Å². The molecule has 0 fully saturated rings. The minimum Gasteiger partial charge on any atom is -0.346 e. The van der Waals surface area contributed by atoms with Gasteiger partial charge < -0.3 is 5.32 Å². The predicted molar refractivity (Wildman–Crippen MR) is 107 cm³/mol. The first-order valence-corrected chi connectivity index (χ1v) is 9.42. The van der Waals surface area contributed by atoms with Gasteiger partial charge >= 0.3 is 0 Å². The quantitative estimate of drug-likeness (QED) is 0.698. The summed E-state index contributed by atoms with van der Waals surface area (Å²) in [6.45, 7) is 0.769. The van der Waals surface area contributed by atoms with Crippen molar-refractivity contribution in [3.8, 4) is 0 Å². The number of benzene rings is 2. The fraction of sp³-hybridized carbons (Fsp3) is 0.217. The van der Waals surface area contributed by atoms with Crippen molar-refractivity contribution in [3.05, 3.63) is 95.3 Å². The minimum absolute atomic E-state index is 0.0335. The van der Waals surface area contributed by atoms with Crippen LogP contribution in [0.2, 0.25) is 0 Å². The van der Waals surface area contributed by atoms with Crippen molar-refractivity contribution in [2.45, 2.75) is 31.8 Å². The van der Waals surface area contributed by atoms with Gasteiger partial charge in [0.2, 0.25) is 5.91 Å². The molecule has 0 spiro atoms. The highest BCUT2D eigenvalue weighted by atomic mass is 16.1. The van der Waals surface area contributed by atoms with Crippen LogP contribution in [0, 0.1) is 0 Å². The van der Waals surface area contributed by atoms with Gasteiger partial charge in [-0.15, -0.1) is 0 Å². The second-order valence-electron chi connectivity index (χ2n) is 6.89. The molecular formula is C23H23N3O. The zero-order chi connectivity index (χ0) is 18.5. The largest absolute Gasteiger partial charge is 0.346 e. The Kier molecular flexibility index (Phi) is 5.15. The zero-order valence-corrected chi connectivity index (χ0v) is 15.2. The molecular weight excluding hydrogens is 334 g/mol. The third-order valence-corrected chi connectivity index (χ3v) is 4.98. The average Bonchev–Trinajstić information content (AvgIpc) is 3.12. The Hall–Kier alpha value is -3.14. The van der Waals surface area contributed by atoms with Gasteiger partial charge in [0.05, 0.1) is 18.8 Å². The molecule has 4 nitrogen and oxygen atoms in total. The summed E-state index contributed by atoms with van der Waals surface area (Å²) in [5, 5.41) is 7.73. The summed E-state index contributed by atoms with van der Waals surface area (Å²) in [5.41, 5.74) is 4.65. The Bertz CT molecular complexity index is 929. The molecule has 4 rings (SSSR count). The Morgan fingerprint density at radius 3 is 2.63 bits per heavy atom. The molecule has 0 aliphatic heterocycles. The first kappa shape index (κ1) is 17.3. The highest BCUT2D eigenvalue weighted by Gasteiger charge is 2.25. The van der Waals surface area contributed by atoms with Crippen LogP contribution in [0.1, 0.15) is 41.3 Å². The van der Waals surface area contributed by atoms with Crippen LogP contribution in [0.25, 0.3) is 6.08 Å². The van der Waals surface area contributed by atoms with Crippen molar-refractivity contribution in [1.82, 2.24) is 15.1 Å². The number of hydrogen-bond acceptors (Lipinski definition) is 2. The first-order valence-electron chi connectivity index (χ1n) is 9.42. The van der Waals surface area contributed by atoms with Crippen molar-refractivity contribution in [2.24, 2.45) is 0 Å². The molecule has 4 heteroatoms. The van der Waals surface area contributed by atoms with E-state index in [1.54, 1.807) is 6.08 Å². The number of amides is 1. The van der Waals surface area contributed by atoms with Gasteiger partial charge in [0.15, 0.2) is 0 Å². The SMILES string of the molecule is O=C(C=Cc1ccccc1)NC1CCCc2c1cnn2Cc1ccccc1. The van der Waals surface area contributed by atoms with E-state index in [0.717, 1.165) is 36.9 Å². The summed E-state index contributed by atoms with van der Waals surface area (Å²) in [7, 11) is 0. The predicted octanol–water partition coefficient (Wildman–Crippen LogP) is 4.14. The van der Waals surface area contributed by atoms with Gasteiger partial charge in [-0.3, -0.25) is 9.48 Å². The van der Waals surface area contributed by atoms with Gasteiger partial charge in [-0.05, 0) is 36.5 Å². The Morgan fingerprint density at radius 1 is 1.11 bits per heavy atom. The fourth-order valence-corrected chi connectivity index (χ4v) is 3.62. The Balaban J connectivity index is 1.46. The van der Waals surface area contributed by atoms with Crippen LogP contribution < -0.4 is 5.32 Å². The third-order valence-electron chi connectivity index (χ3n) is 4.98. The third kappa shape index (κ3) is 4.17. The summed E-state index contributed by atoms with van der Waals surface area (Å²) in [4.78, 5) is 12.4. The molecule has 1 heterocycles. The van der Waals surface area contributed by atoms with E-state index in [1.165, 1.54) is 11.3 Å². The molecule has 1 N–H and O–H groups in total. The van der Waals surface area contributed by atoms with Crippen molar-refractivity contribution < 1.29 is 4.79 Å². The van der Waals surface area contributed by atoms with E-state index in [9.17, 15) is 4.79 Å². The molecule has 1 amide bonds. The summed E-state index contributed by atoms with van der Waals surface area (Å²) in [6.07, 6.45) is 8.39. The number of nitrogens with one attached hydrogen (secondary N) is 1. The maximum Gasteiger partial charge on any atom is 0.244 e. The van der Waals surface area contributed by atoms with Crippen LogP contribution in [0.4, 0.5) is 0 Å². The molecule has 1 aliphatic rings. The molecule has 1 aromatic heterocycles. The van der Waals surface area contributed by atoms with E-state index in [-0.39, 0.29) is 11.9 Å². The van der Waals surface area contributed by atoms with E-state index < -0.39 is 0 Å². The maximum absolute atomic E-state index is 12.4. The number of nitrogens with zero attached hydrogens (tertiary/aromatic N) is 2. The van der Waals surface area contributed by atoms with Gasteiger partial charge in [-0.25, -0.2) is 0 Å². The Labute approximate surface area is 159 Å². The molecule has 0 radical (unpaired) electrons. The number of carbonyl (C=O) groups excluding carboxylic acids is 1. The summed E-state index contributed by atoms with van der Waals surface area (Å²) in [5.74, 6) is -0.0625. The van der Waals surface area contributed by atoms with E-state index >= 15 is 0 Å². The van der Waals surface area contributed by atoms with E-state index in [2.05, 4.69) is 27.2 Å². The minimum atomic E-state index is -0.0625. The number of aromatic nitrogens is 2. The molecule has 0 saturated heterocycles. The van der Waals surface area contributed by atoms with Crippen molar-refractivity contribution in [2.75, 3.05) is 0 Å². The van der Waals surface area contributed by atoms with Crippen molar-refractivity contribution in [3.63, 3.8) is 0 Å². The van der Waals surface area contributed by atoms with Gasteiger partial charge in [0, 0.05) is 17.3 Å². The lowest BCUT2D eigenvalue weighted by molar-refractivity contribution is -0.117. The molecule has 0 saturated carbocycles. The summed E-state index contributed by atoms with van der Waals surface area (Å²) < 4.78 is 2.07. The molecule has 3 aromatic rings. The standard InChI is InChI=1S/C23H23N3O/c27-23(15-14-18-8-3-1-4-9-18)25-21-12-7-13-22-20(21)16-24-26(22)17-19-10-5-2-6-11-19/h1-6,8-11,14-16,21H,7,12-13,17H2,(H,25,27). The molecule has 0 bridgehead atoms. The maximum atomic E-state index is 12.4. The number of fused-ring (bicyclic) bond motifs is 1. The van der Waals surface area contributed by atoms with Gasteiger partial charge in [-0.2, -0.15) is 5.10 Å². The number of hydrogen-bond donors (Lipinski definition) is 1. The monoisotopic (exact) mass is 357 g/mol. The molecule has 1 aliphatic carbocycles.